The molecule has 0 saturated carbocycles. The SMILES string of the molecule is Cc1cc(C)c(C(CN2CCNCC2)N2CCCCC2)c(C)c1. The van der Waals surface area contributed by atoms with Gasteiger partial charge in [-0.25, -0.2) is 0 Å². The summed E-state index contributed by atoms with van der Waals surface area (Å²) in [5.74, 6) is 0. The largest absolute Gasteiger partial charge is 0.314 e. The van der Waals surface area contributed by atoms with Gasteiger partial charge < -0.3 is 5.32 Å². The molecule has 0 bridgehead atoms. The topological polar surface area (TPSA) is 18.5 Å². The third-order valence-electron chi connectivity index (χ3n) is 5.54. The van der Waals surface area contributed by atoms with E-state index >= 15 is 0 Å². The van der Waals surface area contributed by atoms with Crippen molar-refractivity contribution in [3.8, 4) is 0 Å². The molecule has 1 aromatic rings. The van der Waals surface area contributed by atoms with Crippen LogP contribution in [0, 0.1) is 20.8 Å². The maximum Gasteiger partial charge on any atom is 0.0480 e. The predicted octanol–water partition coefficient (Wildman–Crippen LogP) is 3.04. The van der Waals surface area contributed by atoms with E-state index in [2.05, 4.69) is 48.0 Å². The second-order valence-electron chi connectivity index (χ2n) is 7.48. The standard InChI is InChI=1S/C20H33N3/c1-16-13-17(2)20(18(3)14-16)19(23-9-5-4-6-10-23)15-22-11-7-21-8-12-22/h13-14,19,21H,4-12,15H2,1-3H3. The summed E-state index contributed by atoms with van der Waals surface area (Å²) in [4.78, 5) is 5.42. The molecule has 3 heteroatoms. The van der Waals surface area contributed by atoms with Crippen molar-refractivity contribution in [2.75, 3.05) is 45.8 Å². The molecule has 2 aliphatic rings. The zero-order chi connectivity index (χ0) is 16.2. The van der Waals surface area contributed by atoms with Crippen molar-refractivity contribution in [3.63, 3.8) is 0 Å². The molecule has 0 aliphatic carbocycles. The van der Waals surface area contributed by atoms with Crippen molar-refractivity contribution < 1.29 is 0 Å². The van der Waals surface area contributed by atoms with E-state index in [9.17, 15) is 0 Å². The molecule has 3 nitrogen and oxygen atoms in total. The summed E-state index contributed by atoms with van der Waals surface area (Å²) in [7, 11) is 0. The third-order valence-corrected chi connectivity index (χ3v) is 5.54. The molecule has 1 unspecified atom stereocenters. The summed E-state index contributed by atoms with van der Waals surface area (Å²) in [6.07, 6.45) is 4.13. The quantitative estimate of drug-likeness (QED) is 0.921. The van der Waals surface area contributed by atoms with Crippen LogP contribution in [-0.4, -0.2) is 55.6 Å². The first-order chi connectivity index (χ1) is 11.1. The lowest BCUT2D eigenvalue weighted by atomic mass is 9.91. The van der Waals surface area contributed by atoms with Gasteiger partial charge in [-0.2, -0.15) is 0 Å². The van der Waals surface area contributed by atoms with Crippen molar-refractivity contribution in [3.05, 3.63) is 34.4 Å². The highest BCUT2D eigenvalue weighted by Crippen LogP contribution is 2.31. The van der Waals surface area contributed by atoms with Gasteiger partial charge in [0.15, 0.2) is 0 Å². The van der Waals surface area contributed by atoms with Gasteiger partial charge in [0.25, 0.3) is 0 Å². The Bertz CT molecular complexity index is 491. The minimum atomic E-state index is 0.564. The molecule has 1 aromatic carbocycles. The number of hydrogen-bond donors (Lipinski definition) is 1. The van der Waals surface area contributed by atoms with Crippen molar-refractivity contribution >= 4 is 0 Å². The number of aryl methyl sites for hydroxylation is 3. The summed E-state index contributed by atoms with van der Waals surface area (Å²) in [5.41, 5.74) is 5.95. The van der Waals surface area contributed by atoms with E-state index in [0.29, 0.717) is 6.04 Å². The van der Waals surface area contributed by atoms with Gasteiger partial charge >= 0.3 is 0 Å². The van der Waals surface area contributed by atoms with Crippen LogP contribution in [0.5, 0.6) is 0 Å². The molecular weight excluding hydrogens is 282 g/mol. The fourth-order valence-corrected chi connectivity index (χ4v) is 4.47. The average molecular weight is 316 g/mol. The second kappa shape index (κ2) is 7.78. The number of benzene rings is 1. The lowest BCUT2D eigenvalue weighted by Gasteiger charge is -2.40. The van der Waals surface area contributed by atoms with E-state index in [4.69, 9.17) is 0 Å². The highest BCUT2D eigenvalue weighted by molar-refractivity contribution is 5.40. The zero-order valence-electron chi connectivity index (χ0n) is 15.2. The highest BCUT2D eigenvalue weighted by atomic mass is 15.2. The van der Waals surface area contributed by atoms with Gasteiger partial charge in [0.2, 0.25) is 0 Å². The first-order valence-corrected chi connectivity index (χ1v) is 9.40. The van der Waals surface area contributed by atoms with Crippen molar-refractivity contribution in [1.29, 1.82) is 0 Å². The lowest BCUT2D eigenvalue weighted by molar-refractivity contribution is 0.111. The molecule has 0 radical (unpaired) electrons. The number of nitrogens with zero attached hydrogens (tertiary/aromatic N) is 2. The summed E-state index contributed by atoms with van der Waals surface area (Å²) < 4.78 is 0. The Morgan fingerprint density at radius 2 is 1.52 bits per heavy atom. The smallest absolute Gasteiger partial charge is 0.0480 e. The van der Waals surface area contributed by atoms with Crippen molar-refractivity contribution in [2.45, 2.75) is 46.1 Å². The van der Waals surface area contributed by atoms with Crippen LogP contribution < -0.4 is 5.32 Å². The molecule has 128 valence electrons. The van der Waals surface area contributed by atoms with Crippen LogP contribution in [0.3, 0.4) is 0 Å². The predicted molar refractivity (Wildman–Crippen MR) is 98.1 cm³/mol. The van der Waals surface area contributed by atoms with Gasteiger partial charge in [-0.15, -0.1) is 0 Å². The molecule has 2 aliphatic heterocycles. The maximum atomic E-state index is 3.48. The van der Waals surface area contributed by atoms with E-state index in [0.717, 1.165) is 13.1 Å². The number of rotatable bonds is 4. The first-order valence-electron chi connectivity index (χ1n) is 9.40. The average Bonchev–Trinajstić information content (AvgIpc) is 2.55. The normalized spacial score (nSPS) is 22.2. The van der Waals surface area contributed by atoms with E-state index in [1.165, 1.54) is 68.7 Å². The Kier molecular flexibility index (Phi) is 5.73. The summed E-state index contributed by atoms with van der Waals surface area (Å²) in [6.45, 7) is 15.2. The minimum Gasteiger partial charge on any atom is -0.314 e. The van der Waals surface area contributed by atoms with Crippen LogP contribution >= 0.6 is 0 Å². The Hall–Kier alpha value is -0.900. The van der Waals surface area contributed by atoms with Crippen LogP contribution in [0.15, 0.2) is 12.1 Å². The lowest BCUT2D eigenvalue weighted by Crippen LogP contribution is -2.48. The van der Waals surface area contributed by atoms with E-state index in [-0.39, 0.29) is 0 Å². The van der Waals surface area contributed by atoms with Gasteiger partial charge in [0.1, 0.15) is 0 Å². The first kappa shape index (κ1) is 16.9. The van der Waals surface area contributed by atoms with Gasteiger partial charge in [-0.1, -0.05) is 24.1 Å². The Morgan fingerprint density at radius 1 is 0.913 bits per heavy atom. The monoisotopic (exact) mass is 315 g/mol. The molecule has 2 fully saturated rings. The molecule has 0 amide bonds. The molecule has 0 aromatic heterocycles. The minimum absolute atomic E-state index is 0.564. The van der Waals surface area contributed by atoms with Gasteiger partial charge in [0.05, 0.1) is 0 Å². The molecule has 3 rings (SSSR count). The molecule has 23 heavy (non-hydrogen) atoms. The van der Waals surface area contributed by atoms with Gasteiger partial charge in [-0.05, 0) is 63.4 Å². The summed E-state index contributed by atoms with van der Waals surface area (Å²) in [5, 5.41) is 3.48. The Balaban J connectivity index is 1.87. The second-order valence-corrected chi connectivity index (χ2v) is 7.48. The number of hydrogen-bond acceptors (Lipinski definition) is 3. The Morgan fingerprint density at radius 3 is 2.13 bits per heavy atom. The number of likely N-dealkylation sites (tertiary alicyclic amines) is 1. The highest BCUT2D eigenvalue weighted by Gasteiger charge is 2.27. The van der Waals surface area contributed by atoms with Crippen LogP contribution in [0.2, 0.25) is 0 Å². The van der Waals surface area contributed by atoms with Gasteiger partial charge in [0, 0.05) is 38.8 Å². The van der Waals surface area contributed by atoms with E-state index in [1.54, 1.807) is 5.56 Å². The van der Waals surface area contributed by atoms with Crippen LogP contribution in [0.4, 0.5) is 0 Å². The van der Waals surface area contributed by atoms with Crippen molar-refractivity contribution in [1.82, 2.24) is 15.1 Å². The summed E-state index contributed by atoms with van der Waals surface area (Å²) >= 11 is 0. The fraction of sp³-hybridized carbons (Fsp3) is 0.700. The molecule has 2 saturated heterocycles. The van der Waals surface area contributed by atoms with Crippen molar-refractivity contribution in [2.24, 2.45) is 0 Å². The molecule has 0 spiro atoms. The fourth-order valence-electron chi connectivity index (χ4n) is 4.47. The number of piperidine rings is 1. The maximum absolute atomic E-state index is 3.48. The summed E-state index contributed by atoms with van der Waals surface area (Å²) in [6, 6.07) is 5.31. The molecule has 1 atom stereocenters. The molecular formula is C20H33N3. The zero-order valence-corrected chi connectivity index (χ0v) is 15.2. The molecule has 2 heterocycles. The Labute approximate surface area is 142 Å². The van der Waals surface area contributed by atoms with E-state index < -0.39 is 0 Å². The molecule has 1 N–H and O–H groups in total. The van der Waals surface area contributed by atoms with Crippen LogP contribution in [0.25, 0.3) is 0 Å². The van der Waals surface area contributed by atoms with E-state index in [1.807, 2.05) is 0 Å². The van der Waals surface area contributed by atoms with Crippen LogP contribution in [0.1, 0.15) is 47.6 Å². The third kappa shape index (κ3) is 4.14. The van der Waals surface area contributed by atoms with Gasteiger partial charge in [-0.3, -0.25) is 9.80 Å². The number of nitrogens with one attached hydrogen (secondary N) is 1. The van der Waals surface area contributed by atoms with Crippen LogP contribution in [-0.2, 0) is 0 Å². The number of piperazine rings is 1.